The van der Waals surface area contributed by atoms with E-state index in [1.165, 1.54) is 12.5 Å². The molecular weight excluding hydrogens is 272 g/mol. The van der Waals surface area contributed by atoms with E-state index in [0.29, 0.717) is 5.76 Å². The summed E-state index contributed by atoms with van der Waals surface area (Å²) >= 11 is 0. The van der Waals surface area contributed by atoms with E-state index in [1.54, 1.807) is 6.07 Å². The van der Waals surface area contributed by atoms with Gasteiger partial charge in [-0.2, -0.15) is 0 Å². The second-order valence-electron chi connectivity index (χ2n) is 6.19. The molecule has 1 aliphatic carbocycles. The van der Waals surface area contributed by atoms with Crippen LogP contribution in [0, 0.1) is 5.41 Å². The molecule has 21 heavy (non-hydrogen) atoms. The van der Waals surface area contributed by atoms with Crippen molar-refractivity contribution in [3.63, 3.8) is 0 Å². The van der Waals surface area contributed by atoms with Gasteiger partial charge in [-0.25, -0.2) is 9.59 Å². The summed E-state index contributed by atoms with van der Waals surface area (Å²) in [7, 11) is 0. The van der Waals surface area contributed by atoms with E-state index in [9.17, 15) is 9.59 Å². The molecule has 1 unspecified atom stereocenters. The van der Waals surface area contributed by atoms with Crippen LogP contribution in [0.2, 0.25) is 0 Å². The van der Waals surface area contributed by atoms with Crippen LogP contribution in [0.1, 0.15) is 55.8 Å². The lowest BCUT2D eigenvalue weighted by atomic mass is 9.73. The number of hydrogen-bond donors (Lipinski definition) is 3. The molecule has 116 valence electrons. The summed E-state index contributed by atoms with van der Waals surface area (Å²) in [6, 6.07) is 2.84. The quantitative estimate of drug-likeness (QED) is 0.796. The molecule has 1 aliphatic rings. The van der Waals surface area contributed by atoms with Crippen molar-refractivity contribution in [3.05, 3.63) is 23.7 Å². The molecule has 1 aromatic heterocycles. The Labute approximate surface area is 123 Å². The van der Waals surface area contributed by atoms with Crippen LogP contribution in [0.25, 0.3) is 0 Å². The summed E-state index contributed by atoms with van der Waals surface area (Å²) in [5.41, 5.74) is 0.108. The van der Waals surface area contributed by atoms with Crippen molar-refractivity contribution in [2.75, 3.05) is 0 Å². The third kappa shape index (κ3) is 4.00. The molecule has 1 heterocycles. The average Bonchev–Trinajstić information content (AvgIpc) is 2.88. The fourth-order valence-electron chi connectivity index (χ4n) is 2.73. The van der Waals surface area contributed by atoms with E-state index in [0.717, 1.165) is 19.3 Å². The van der Waals surface area contributed by atoms with Gasteiger partial charge >= 0.3 is 12.0 Å². The molecule has 0 spiro atoms. The number of carbonyl (C=O) groups excluding carboxylic acids is 1. The first kappa shape index (κ1) is 15.4. The molecule has 2 amide bonds. The van der Waals surface area contributed by atoms with E-state index in [2.05, 4.69) is 24.5 Å². The number of urea groups is 1. The van der Waals surface area contributed by atoms with Crippen LogP contribution in [0.4, 0.5) is 4.79 Å². The fraction of sp³-hybridized carbons (Fsp3) is 0.600. The number of hydrogen-bond acceptors (Lipinski definition) is 3. The first-order valence-electron chi connectivity index (χ1n) is 7.25. The minimum Gasteiger partial charge on any atom is -0.475 e. The third-order valence-corrected chi connectivity index (χ3v) is 4.11. The molecule has 0 aliphatic heterocycles. The van der Waals surface area contributed by atoms with Crippen molar-refractivity contribution < 1.29 is 19.1 Å². The van der Waals surface area contributed by atoms with E-state index >= 15 is 0 Å². The number of nitrogens with one attached hydrogen (secondary N) is 2. The minimum absolute atomic E-state index is 0.108. The van der Waals surface area contributed by atoms with Crippen LogP contribution >= 0.6 is 0 Å². The number of rotatable bonds is 4. The van der Waals surface area contributed by atoms with Crippen molar-refractivity contribution in [1.82, 2.24) is 10.6 Å². The zero-order valence-corrected chi connectivity index (χ0v) is 12.4. The van der Waals surface area contributed by atoms with Gasteiger partial charge in [0.25, 0.3) is 0 Å². The highest BCUT2D eigenvalue weighted by molar-refractivity contribution is 5.84. The SMILES string of the molecule is CC1(C)CCCCC1NC(=O)NCc1ccc(C(=O)O)o1. The summed E-state index contributed by atoms with van der Waals surface area (Å²) in [4.78, 5) is 22.6. The summed E-state index contributed by atoms with van der Waals surface area (Å²) in [6.07, 6.45) is 4.44. The Morgan fingerprint density at radius 3 is 2.76 bits per heavy atom. The van der Waals surface area contributed by atoms with Crippen molar-refractivity contribution >= 4 is 12.0 Å². The Kier molecular flexibility index (Phi) is 4.55. The fourth-order valence-corrected chi connectivity index (χ4v) is 2.73. The van der Waals surface area contributed by atoms with Crippen molar-refractivity contribution in [1.29, 1.82) is 0 Å². The van der Waals surface area contributed by atoms with Crippen LogP contribution in [0.5, 0.6) is 0 Å². The van der Waals surface area contributed by atoms with Gasteiger partial charge in [-0.3, -0.25) is 0 Å². The first-order valence-corrected chi connectivity index (χ1v) is 7.25. The van der Waals surface area contributed by atoms with Crippen molar-refractivity contribution in [2.24, 2.45) is 5.41 Å². The van der Waals surface area contributed by atoms with Crippen molar-refractivity contribution in [3.8, 4) is 0 Å². The lowest BCUT2D eigenvalue weighted by Gasteiger charge is -2.38. The minimum atomic E-state index is -1.12. The van der Waals surface area contributed by atoms with Gasteiger partial charge in [-0.15, -0.1) is 0 Å². The monoisotopic (exact) mass is 294 g/mol. The van der Waals surface area contributed by atoms with E-state index in [-0.39, 0.29) is 29.8 Å². The van der Waals surface area contributed by atoms with Gasteiger partial charge < -0.3 is 20.2 Å². The zero-order valence-electron chi connectivity index (χ0n) is 12.4. The van der Waals surface area contributed by atoms with E-state index < -0.39 is 5.97 Å². The first-order chi connectivity index (χ1) is 9.88. The molecule has 3 N–H and O–H groups in total. The molecule has 1 saturated carbocycles. The topological polar surface area (TPSA) is 91.6 Å². The smallest absolute Gasteiger partial charge is 0.371 e. The largest absolute Gasteiger partial charge is 0.475 e. The lowest BCUT2D eigenvalue weighted by Crippen LogP contribution is -2.50. The summed E-state index contributed by atoms with van der Waals surface area (Å²) in [5, 5.41) is 14.5. The Hall–Kier alpha value is -1.98. The molecule has 6 heteroatoms. The predicted molar refractivity (Wildman–Crippen MR) is 77.1 cm³/mol. The van der Waals surface area contributed by atoms with Gasteiger partial charge in [0.15, 0.2) is 0 Å². The molecule has 6 nitrogen and oxygen atoms in total. The van der Waals surface area contributed by atoms with Crippen LogP contribution in [0.15, 0.2) is 16.5 Å². The van der Waals surface area contributed by atoms with Gasteiger partial charge in [0.2, 0.25) is 5.76 Å². The number of carbonyl (C=O) groups is 2. The third-order valence-electron chi connectivity index (χ3n) is 4.11. The maximum Gasteiger partial charge on any atom is 0.371 e. The Bertz CT molecular complexity index is 521. The average molecular weight is 294 g/mol. The summed E-state index contributed by atoms with van der Waals surface area (Å²) in [5.74, 6) is -0.819. The highest BCUT2D eigenvalue weighted by Crippen LogP contribution is 2.35. The van der Waals surface area contributed by atoms with E-state index in [4.69, 9.17) is 9.52 Å². The maximum absolute atomic E-state index is 11.9. The number of amides is 2. The predicted octanol–water partition coefficient (Wildman–Crippen LogP) is 2.75. The molecule has 2 rings (SSSR count). The number of carboxylic acids is 1. The highest BCUT2D eigenvalue weighted by Gasteiger charge is 2.33. The molecule has 1 fully saturated rings. The Morgan fingerprint density at radius 2 is 2.14 bits per heavy atom. The molecule has 0 radical (unpaired) electrons. The Balaban J connectivity index is 1.82. The number of aromatic carboxylic acids is 1. The van der Waals surface area contributed by atoms with Gasteiger partial charge in [-0.05, 0) is 30.4 Å². The molecule has 1 atom stereocenters. The maximum atomic E-state index is 11.9. The second-order valence-corrected chi connectivity index (χ2v) is 6.19. The normalized spacial score (nSPS) is 20.8. The summed E-state index contributed by atoms with van der Waals surface area (Å²) in [6.45, 7) is 4.51. The zero-order chi connectivity index (χ0) is 15.5. The molecular formula is C15H22N2O4. The number of furan rings is 1. The summed E-state index contributed by atoms with van der Waals surface area (Å²) < 4.78 is 5.08. The molecule has 0 bridgehead atoms. The van der Waals surface area contributed by atoms with Gasteiger partial charge in [-0.1, -0.05) is 26.7 Å². The van der Waals surface area contributed by atoms with Gasteiger partial charge in [0.05, 0.1) is 6.54 Å². The van der Waals surface area contributed by atoms with Crippen molar-refractivity contribution in [2.45, 2.75) is 52.1 Å². The Morgan fingerprint density at radius 1 is 1.38 bits per heavy atom. The van der Waals surface area contributed by atoms with Crippen LogP contribution in [-0.4, -0.2) is 23.1 Å². The lowest BCUT2D eigenvalue weighted by molar-refractivity contribution is 0.0660. The molecule has 1 aromatic rings. The molecule has 0 aromatic carbocycles. The second kappa shape index (κ2) is 6.20. The van der Waals surface area contributed by atoms with Crippen LogP contribution in [0.3, 0.4) is 0 Å². The van der Waals surface area contributed by atoms with Crippen LogP contribution in [-0.2, 0) is 6.54 Å². The number of carboxylic acid groups (broad SMARTS) is 1. The molecule has 0 saturated heterocycles. The standard InChI is InChI=1S/C15H22N2O4/c1-15(2)8-4-3-5-12(15)17-14(20)16-9-10-6-7-11(21-10)13(18)19/h6-7,12H,3-5,8-9H2,1-2H3,(H,18,19)(H2,16,17,20). The van der Waals surface area contributed by atoms with Gasteiger partial charge in [0, 0.05) is 6.04 Å². The highest BCUT2D eigenvalue weighted by atomic mass is 16.4. The van der Waals surface area contributed by atoms with E-state index in [1.807, 2.05) is 0 Å². The van der Waals surface area contributed by atoms with Gasteiger partial charge in [0.1, 0.15) is 5.76 Å². The van der Waals surface area contributed by atoms with Crippen LogP contribution < -0.4 is 10.6 Å².